The Morgan fingerprint density at radius 3 is 2.75 bits per heavy atom. The molecule has 0 spiro atoms. The average molecular weight is 448 g/mol. The molecule has 3 aromatic rings. The molecule has 1 heterocycles. The lowest BCUT2D eigenvalue weighted by Gasteiger charge is -2.18. The zero-order valence-electron chi connectivity index (χ0n) is 18.5. The van der Waals surface area contributed by atoms with E-state index >= 15 is 0 Å². The number of nitrogens with zero attached hydrogens (tertiary/aromatic N) is 4. The number of nitrogens with one attached hydrogen (secondary N) is 1. The molecule has 4 rings (SSSR count). The predicted octanol–water partition coefficient (Wildman–Crippen LogP) is 4.79. The number of benzene rings is 2. The van der Waals surface area contributed by atoms with Gasteiger partial charge < -0.3 is 15.0 Å². The Morgan fingerprint density at radius 2 is 2.03 bits per heavy atom. The van der Waals surface area contributed by atoms with Gasteiger partial charge in [0.15, 0.2) is 0 Å². The Balaban J connectivity index is 1.62. The second-order valence-corrected chi connectivity index (χ2v) is 9.19. The first-order valence-corrected chi connectivity index (χ1v) is 11.3. The highest BCUT2D eigenvalue weighted by Gasteiger charge is 2.27. The van der Waals surface area contributed by atoms with Crippen LogP contribution >= 0.6 is 11.3 Å². The first kappa shape index (κ1) is 21.8. The van der Waals surface area contributed by atoms with Crippen LogP contribution in [0.4, 0.5) is 4.79 Å². The summed E-state index contributed by atoms with van der Waals surface area (Å²) in [6.07, 6.45) is 1.73. The minimum Gasteiger partial charge on any atom is -0.490 e. The Bertz CT molecular complexity index is 1200. The normalized spacial score (nSPS) is 14.7. The highest BCUT2D eigenvalue weighted by molar-refractivity contribution is 7.17. The molecule has 1 atom stereocenters. The van der Waals surface area contributed by atoms with Gasteiger partial charge in [0.05, 0.1) is 17.7 Å². The van der Waals surface area contributed by atoms with Crippen molar-refractivity contribution in [2.24, 2.45) is 0 Å². The molecule has 1 unspecified atom stereocenters. The van der Waals surface area contributed by atoms with E-state index in [2.05, 4.69) is 33.7 Å². The molecule has 1 aliphatic rings. The van der Waals surface area contributed by atoms with Crippen molar-refractivity contribution >= 4 is 17.4 Å². The SMILES string of the molecule is CC(C)Oc1ccc(-c2nnc(-c3cccc4c3CCC4NC(=O)N(C)C)s2)cc1C#N. The monoisotopic (exact) mass is 447 g/mol. The van der Waals surface area contributed by atoms with Crippen molar-refractivity contribution in [2.45, 2.75) is 38.8 Å². The summed E-state index contributed by atoms with van der Waals surface area (Å²) in [7, 11) is 3.48. The lowest BCUT2D eigenvalue weighted by Crippen LogP contribution is -2.36. The first-order valence-electron chi connectivity index (χ1n) is 10.5. The Morgan fingerprint density at radius 1 is 1.25 bits per heavy atom. The molecule has 32 heavy (non-hydrogen) atoms. The second-order valence-electron chi connectivity index (χ2n) is 8.21. The summed E-state index contributed by atoms with van der Waals surface area (Å²) in [6, 6.07) is 13.8. The van der Waals surface area contributed by atoms with Crippen molar-refractivity contribution in [3.63, 3.8) is 0 Å². The van der Waals surface area contributed by atoms with Gasteiger partial charge >= 0.3 is 6.03 Å². The van der Waals surface area contributed by atoms with E-state index in [-0.39, 0.29) is 18.2 Å². The number of amides is 2. The Hall–Kier alpha value is -3.44. The molecule has 8 heteroatoms. The molecule has 0 saturated heterocycles. The molecule has 1 aromatic heterocycles. The van der Waals surface area contributed by atoms with Crippen LogP contribution in [0.25, 0.3) is 21.1 Å². The standard InChI is InChI=1S/C24H25N5O2S/c1-14(2)31-21-11-8-15(12-16(21)13-25)22-27-28-23(32-22)19-7-5-6-18-17(19)9-10-20(18)26-24(30)29(3)4/h5-8,11-12,14,20H,9-10H2,1-4H3,(H,26,30). The third-order valence-electron chi connectivity index (χ3n) is 5.34. The van der Waals surface area contributed by atoms with Crippen LogP contribution < -0.4 is 10.1 Å². The molecule has 0 saturated carbocycles. The molecule has 2 aromatic carbocycles. The van der Waals surface area contributed by atoms with Crippen molar-refractivity contribution in [1.29, 1.82) is 5.26 Å². The lowest BCUT2D eigenvalue weighted by atomic mass is 10.0. The number of fused-ring (bicyclic) bond motifs is 1. The van der Waals surface area contributed by atoms with Crippen LogP contribution in [-0.2, 0) is 6.42 Å². The van der Waals surface area contributed by atoms with Crippen LogP contribution in [0, 0.1) is 11.3 Å². The quantitative estimate of drug-likeness (QED) is 0.607. The van der Waals surface area contributed by atoms with E-state index in [0.29, 0.717) is 11.3 Å². The van der Waals surface area contributed by atoms with Gasteiger partial charge in [0.1, 0.15) is 21.8 Å². The largest absolute Gasteiger partial charge is 0.490 e. The maximum absolute atomic E-state index is 12.1. The van der Waals surface area contributed by atoms with Crippen molar-refractivity contribution in [3.8, 4) is 33.0 Å². The summed E-state index contributed by atoms with van der Waals surface area (Å²) in [4.78, 5) is 13.7. The number of ether oxygens (including phenoxy) is 1. The number of hydrogen-bond acceptors (Lipinski definition) is 6. The van der Waals surface area contributed by atoms with Crippen molar-refractivity contribution < 1.29 is 9.53 Å². The zero-order chi connectivity index (χ0) is 22.8. The van der Waals surface area contributed by atoms with Gasteiger partial charge in [0.2, 0.25) is 0 Å². The van der Waals surface area contributed by atoms with E-state index in [0.717, 1.165) is 39.5 Å². The third-order valence-corrected chi connectivity index (χ3v) is 6.35. The fourth-order valence-corrected chi connectivity index (χ4v) is 4.73. The van der Waals surface area contributed by atoms with Crippen LogP contribution in [0.1, 0.15) is 43.0 Å². The van der Waals surface area contributed by atoms with Gasteiger partial charge in [-0.1, -0.05) is 29.5 Å². The topological polar surface area (TPSA) is 91.1 Å². The lowest BCUT2D eigenvalue weighted by molar-refractivity contribution is 0.213. The third kappa shape index (κ3) is 4.30. The van der Waals surface area contributed by atoms with Crippen molar-refractivity contribution in [1.82, 2.24) is 20.4 Å². The number of carbonyl (C=O) groups excluding carboxylic acids is 1. The summed E-state index contributed by atoms with van der Waals surface area (Å²) in [5, 5.41) is 23.0. The molecule has 0 bridgehead atoms. The molecule has 0 aliphatic heterocycles. The summed E-state index contributed by atoms with van der Waals surface area (Å²) < 4.78 is 5.72. The van der Waals surface area contributed by atoms with Crippen LogP contribution in [-0.4, -0.2) is 41.3 Å². The number of carbonyl (C=O) groups is 1. The predicted molar refractivity (Wildman–Crippen MR) is 125 cm³/mol. The first-order chi connectivity index (χ1) is 15.4. The summed E-state index contributed by atoms with van der Waals surface area (Å²) >= 11 is 1.50. The summed E-state index contributed by atoms with van der Waals surface area (Å²) in [5.41, 5.74) is 4.71. The zero-order valence-corrected chi connectivity index (χ0v) is 19.4. The maximum Gasteiger partial charge on any atom is 0.317 e. The van der Waals surface area contributed by atoms with Crippen molar-refractivity contribution in [3.05, 3.63) is 53.1 Å². The van der Waals surface area contributed by atoms with E-state index < -0.39 is 0 Å². The molecule has 7 nitrogen and oxygen atoms in total. The smallest absolute Gasteiger partial charge is 0.317 e. The molecular weight excluding hydrogens is 422 g/mol. The van der Waals surface area contributed by atoms with E-state index in [1.165, 1.54) is 16.9 Å². The van der Waals surface area contributed by atoms with Gasteiger partial charge in [-0.05, 0) is 56.0 Å². The number of urea groups is 1. The van der Waals surface area contributed by atoms with Gasteiger partial charge in [-0.3, -0.25) is 0 Å². The number of hydrogen-bond donors (Lipinski definition) is 1. The molecule has 2 amide bonds. The molecule has 0 radical (unpaired) electrons. The molecular formula is C24H25N5O2S. The van der Waals surface area contributed by atoms with Gasteiger partial charge in [-0.2, -0.15) is 5.26 Å². The van der Waals surface area contributed by atoms with E-state index in [4.69, 9.17) is 4.74 Å². The van der Waals surface area contributed by atoms with E-state index in [1.54, 1.807) is 25.1 Å². The number of nitriles is 1. The minimum absolute atomic E-state index is 0.000991. The summed E-state index contributed by atoms with van der Waals surface area (Å²) in [5.74, 6) is 0.572. The maximum atomic E-state index is 12.1. The minimum atomic E-state index is -0.0929. The van der Waals surface area contributed by atoms with E-state index in [1.807, 2.05) is 32.0 Å². The van der Waals surface area contributed by atoms with E-state index in [9.17, 15) is 10.1 Å². The Labute approximate surface area is 191 Å². The fraction of sp³-hybridized carbons (Fsp3) is 0.333. The fourth-order valence-electron chi connectivity index (χ4n) is 3.84. The van der Waals surface area contributed by atoms with Crippen LogP contribution in [0.5, 0.6) is 5.75 Å². The van der Waals surface area contributed by atoms with Crippen LogP contribution in [0.15, 0.2) is 36.4 Å². The molecule has 164 valence electrons. The Kier molecular flexibility index (Phi) is 6.10. The van der Waals surface area contributed by atoms with Crippen molar-refractivity contribution in [2.75, 3.05) is 14.1 Å². The van der Waals surface area contributed by atoms with Gasteiger partial charge in [0.25, 0.3) is 0 Å². The second kappa shape index (κ2) is 8.97. The molecule has 1 N–H and O–H groups in total. The molecule has 1 aliphatic carbocycles. The van der Waals surface area contributed by atoms with Gasteiger partial charge in [-0.25, -0.2) is 4.79 Å². The highest BCUT2D eigenvalue weighted by Crippen LogP contribution is 2.40. The summed E-state index contributed by atoms with van der Waals surface area (Å²) in [6.45, 7) is 3.86. The molecule has 0 fully saturated rings. The van der Waals surface area contributed by atoms with Gasteiger partial charge in [0, 0.05) is 25.2 Å². The van der Waals surface area contributed by atoms with Crippen LogP contribution in [0.3, 0.4) is 0 Å². The van der Waals surface area contributed by atoms with Gasteiger partial charge in [-0.15, -0.1) is 10.2 Å². The van der Waals surface area contributed by atoms with Crippen LogP contribution in [0.2, 0.25) is 0 Å². The number of aromatic nitrogens is 2. The average Bonchev–Trinajstić information content (AvgIpc) is 3.41. The highest BCUT2D eigenvalue weighted by atomic mass is 32.1. The number of rotatable bonds is 5.